The zero-order valence-electron chi connectivity index (χ0n) is 10.2. The van der Waals surface area contributed by atoms with Gasteiger partial charge < -0.3 is 10.1 Å². The van der Waals surface area contributed by atoms with Crippen LogP contribution < -0.4 is 5.32 Å². The number of amides is 1. The Morgan fingerprint density at radius 2 is 2.18 bits per heavy atom. The molecule has 0 aliphatic rings. The molecule has 0 aliphatic carbocycles. The van der Waals surface area contributed by atoms with E-state index >= 15 is 0 Å². The quantitative estimate of drug-likeness (QED) is 0.767. The van der Waals surface area contributed by atoms with E-state index in [2.05, 4.69) is 18.8 Å². The normalized spacial score (nSPS) is 11.6. The van der Waals surface area contributed by atoms with Crippen molar-refractivity contribution in [3.8, 4) is 0 Å². The largest absolute Gasteiger partial charge is 0.445 e. The van der Waals surface area contributed by atoms with E-state index in [-0.39, 0.29) is 6.09 Å². The molecule has 1 rings (SSSR count). The Labute approximate surface area is 102 Å². The topological polar surface area (TPSA) is 38.3 Å². The van der Waals surface area contributed by atoms with Crippen LogP contribution in [0.25, 0.3) is 0 Å². The number of nitrogens with one attached hydrogen (secondary N) is 1. The van der Waals surface area contributed by atoms with Crippen molar-refractivity contribution in [1.82, 2.24) is 5.32 Å². The highest BCUT2D eigenvalue weighted by molar-refractivity contribution is 5.67. The van der Waals surface area contributed by atoms with E-state index in [1.807, 2.05) is 36.4 Å². The number of carbonyl (C=O) groups excluding carboxylic acids is 1. The second kappa shape index (κ2) is 7.49. The third kappa shape index (κ3) is 5.76. The van der Waals surface area contributed by atoms with Gasteiger partial charge in [0.25, 0.3) is 0 Å². The summed E-state index contributed by atoms with van der Waals surface area (Å²) in [7, 11) is 0. The van der Waals surface area contributed by atoms with Crippen molar-refractivity contribution in [1.29, 1.82) is 0 Å². The summed E-state index contributed by atoms with van der Waals surface area (Å²) in [6.07, 6.45) is 2.38. The van der Waals surface area contributed by atoms with Gasteiger partial charge in [0.05, 0.1) is 0 Å². The lowest BCUT2D eigenvalue weighted by Gasteiger charge is -2.08. The lowest BCUT2D eigenvalue weighted by atomic mass is 10.1. The van der Waals surface area contributed by atoms with Crippen molar-refractivity contribution >= 4 is 6.09 Å². The molecule has 0 heterocycles. The van der Waals surface area contributed by atoms with Crippen LogP contribution in [0, 0.1) is 5.92 Å². The van der Waals surface area contributed by atoms with Crippen molar-refractivity contribution in [2.24, 2.45) is 5.92 Å². The van der Waals surface area contributed by atoms with Crippen LogP contribution in [-0.2, 0) is 11.3 Å². The number of rotatable bonds is 6. The number of allylic oxidation sites excluding steroid dienone is 1. The third-order valence-electron chi connectivity index (χ3n) is 2.48. The maximum atomic E-state index is 11.3. The smallest absolute Gasteiger partial charge is 0.407 e. The molecule has 0 aromatic heterocycles. The van der Waals surface area contributed by atoms with E-state index < -0.39 is 0 Å². The second-order valence-electron chi connectivity index (χ2n) is 3.99. The fourth-order valence-corrected chi connectivity index (χ4v) is 1.29. The molecule has 1 unspecified atom stereocenters. The summed E-state index contributed by atoms with van der Waals surface area (Å²) in [5.41, 5.74) is 0.988. The van der Waals surface area contributed by atoms with Crippen LogP contribution in [0.4, 0.5) is 4.79 Å². The molecule has 0 aliphatic heterocycles. The van der Waals surface area contributed by atoms with E-state index in [1.54, 1.807) is 0 Å². The molecule has 1 aromatic rings. The highest BCUT2D eigenvalue weighted by Gasteiger charge is 2.02. The molecule has 0 saturated carbocycles. The van der Waals surface area contributed by atoms with Crippen LogP contribution in [0.2, 0.25) is 0 Å². The summed E-state index contributed by atoms with van der Waals surface area (Å²) in [5, 5.41) is 2.71. The van der Waals surface area contributed by atoms with Gasteiger partial charge in [-0.3, -0.25) is 0 Å². The molecule has 1 amide bonds. The molecule has 1 atom stereocenters. The Morgan fingerprint density at radius 1 is 1.47 bits per heavy atom. The molecule has 0 fully saturated rings. The number of ether oxygens (including phenoxy) is 1. The summed E-state index contributed by atoms with van der Waals surface area (Å²) < 4.78 is 5.07. The Balaban J connectivity index is 2.15. The van der Waals surface area contributed by atoms with Gasteiger partial charge in [0.15, 0.2) is 0 Å². The molecule has 1 N–H and O–H groups in total. The van der Waals surface area contributed by atoms with Gasteiger partial charge in [-0.05, 0) is 17.9 Å². The summed E-state index contributed by atoms with van der Waals surface area (Å²) in [4.78, 5) is 11.3. The van der Waals surface area contributed by atoms with E-state index in [0.29, 0.717) is 19.1 Å². The monoisotopic (exact) mass is 233 g/mol. The number of hydrogen-bond acceptors (Lipinski definition) is 2. The minimum Gasteiger partial charge on any atom is -0.445 e. The summed E-state index contributed by atoms with van der Waals surface area (Å²) in [6, 6.07) is 9.62. The molecular formula is C14H19NO2. The molecule has 17 heavy (non-hydrogen) atoms. The lowest BCUT2D eigenvalue weighted by Crippen LogP contribution is -2.26. The van der Waals surface area contributed by atoms with Gasteiger partial charge in [0, 0.05) is 6.54 Å². The molecule has 3 heteroatoms. The molecule has 0 spiro atoms. The first-order valence-electron chi connectivity index (χ1n) is 5.79. The summed E-state index contributed by atoms with van der Waals surface area (Å²) in [5.74, 6) is 0.407. The van der Waals surface area contributed by atoms with Crippen molar-refractivity contribution in [2.45, 2.75) is 20.0 Å². The Kier molecular flexibility index (Phi) is 5.86. The maximum Gasteiger partial charge on any atom is 0.407 e. The highest BCUT2D eigenvalue weighted by Crippen LogP contribution is 2.02. The van der Waals surface area contributed by atoms with Gasteiger partial charge in [0.2, 0.25) is 0 Å². The average Bonchev–Trinajstić information content (AvgIpc) is 2.37. The van der Waals surface area contributed by atoms with Crippen LogP contribution in [0.15, 0.2) is 43.0 Å². The van der Waals surface area contributed by atoms with E-state index in [1.165, 1.54) is 0 Å². The van der Waals surface area contributed by atoms with E-state index in [9.17, 15) is 4.79 Å². The molecule has 0 saturated heterocycles. The van der Waals surface area contributed by atoms with E-state index in [4.69, 9.17) is 4.74 Å². The second-order valence-corrected chi connectivity index (χ2v) is 3.99. The van der Waals surface area contributed by atoms with Crippen LogP contribution >= 0.6 is 0 Å². The SMILES string of the molecule is C=CC(C)CCNC(=O)OCc1ccccc1. The minimum atomic E-state index is -0.370. The number of carbonyl (C=O) groups is 1. The Morgan fingerprint density at radius 3 is 2.82 bits per heavy atom. The number of hydrogen-bond donors (Lipinski definition) is 1. The van der Waals surface area contributed by atoms with Gasteiger partial charge in [0.1, 0.15) is 6.61 Å². The molecule has 0 bridgehead atoms. The Bertz CT molecular complexity index is 348. The van der Waals surface area contributed by atoms with Gasteiger partial charge >= 0.3 is 6.09 Å². The number of alkyl carbamates (subject to hydrolysis) is 1. The molecular weight excluding hydrogens is 214 g/mol. The maximum absolute atomic E-state index is 11.3. The first-order chi connectivity index (χ1) is 8.22. The third-order valence-corrected chi connectivity index (χ3v) is 2.48. The zero-order chi connectivity index (χ0) is 12.5. The number of benzene rings is 1. The standard InChI is InChI=1S/C14H19NO2/c1-3-12(2)9-10-15-14(16)17-11-13-7-5-4-6-8-13/h3-8,12H,1,9-11H2,2H3,(H,15,16). The van der Waals surface area contributed by atoms with Gasteiger partial charge in [-0.15, -0.1) is 6.58 Å². The average molecular weight is 233 g/mol. The van der Waals surface area contributed by atoms with E-state index in [0.717, 1.165) is 12.0 Å². The van der Waals surface area contributed by atoms with Crippen molar-refractivity contribution in [3.63, 3.8) is 0 Å². The van der Waals surface area contributed by atoms with Crippen molar-refractivity contribution < 1.29 is 9.53 Å². The van der Waals surface area contributed by atoms with Crippen LogP contribution in [0.1, 0.15) is 18.9 Å². The van der Waals surface area contributed by atoms with Crippen molar-refractivity contribution in [2.75, 3.05) is 6.54 Å². The fourth-order valence-electron chi connectivity index (χ4n) is 1.29. The Hall–Kier alpha value is -1.77. The molecule has 1 aromatic carbocycles. The first kappa shape index (κ1) is 13.3. The molecule has 0 radical (unpaired) electrons. The molecule has 92 valence electrons. The summed E-state index contributed by atoms with van der Waals surface area (Å²) >= 11 is 0. The van der Waals surface area contributed by atoms with Gasteiger partial charge in [-0.25, -0.2) is 4.79 Å². The fraction of sp³-hybridized carbons (Fsp3) is 0.357. The summed E-state index contributed by atoms with van der Waals surface area (Å²) in [6.45, 7) is 6.67. The molecule has 3 nitrogen and oxygen atoms in total. The van der Waals surface area contributed by atoms with Gasteiger partial charge in [-0.1, -0.05) is 43.3 Å². The zero-order valence-corrected chi connectivity index (χ0v) is 10.2. The first-order valence-corrected chi connectivity index (χ1v) is 5.79. The minimum absolute atomic E-state index is 0.309. The highest BCUT2D eigenvalue weighted by atomic mass is 16.5. The predicted molar refractivity (Wildman–Crippen MR) is 68.6 cm³/mol. The van der Waals surface area contributed by atoms with Crippen molar-refractivity contribution in [3.05, 3.63) is 48.6 Å². The van der Waals surface area contributed by atoms with Gasteiger partial charge in [-0.2, -0.15) is 0 Å². The lowest BCUT2D eigenvalue weighted by molar-refractivity contribution is 0.139. The predicted octanol–water partition coefficient (Wildman–Crippen LogP) is 3.13. The van der Waals surface area contributed by atoms with Crippen LogP contribution in [0.3, 0.4) is 0 Å². The van der Waals surface area contributed by atoms with Crippen LogP contribution in [-0.4, -0.2) is 12.6 Å². The van der Waals surface area contributed by atoms with Crippen LogP contribution in [0.5, 0.6) is 0 Å².